The smallest absolute Gasteiger partial charge is 0.204 e. The van der Waals surface area contributed by atoms with Crippen LogP contribution in [0.15, 0.2) is 41.0 Å². The molecular formula is C23H19NO5. The number of aromatic hydroxyl groups is 1. The molecule has 3 heterocycles. The van der Waals surface area contributed by atoms with Gasteiger partial charge in [-0.1, -0.05) is 6.07 Å². The summed E-state index contributed by atoms with van der Waals surface area (Å²) in [5.74, 6) is 0.246. The molecule has 6 heteroatoms. The number of hydrogen-bond acceptors (Lipinski definition) is 6. The number of likely N-dealkylation sites (tertiary alicyclic amines) is 1. The summed E-state index contributed by atoms with van der Waals surface area (Å²) in [6.07, 6.45) is 1.95. The van der Waals surface area contributed by atoms with Gasteiger partial charge in [0.2, 0.25) is 5.78 Å². The van der Waals surface area contributed by atoms with Crippen LogP contribution in [-0.4, -0.2) is 46.6 Å². The molecule has 29 heavy (non-hydrogen) atoms. The van der Waals surface area contributed by atoms with Gasteiger partial charge < -0.3 is 19.4 Å². The number of carbonyl (C=O) groups excluding carboxylic acids is 1. The highest BCUT2D eigenvalue weighted by Crippen LogP contribution is 2.67. The fourth-order valence-electron chi connectivity index (χ4n) is 6.58. The standard InChI is InChI=1S/C23H19NO5/c1-24-6-5-22-18-12-2-3-15(25)20(18)29-21(22)19(26)13-8-11-4-7-28-16(11)10-14(13)23(22,27)17(24)9-12/h2-4,7-8,10,17,21,25,27H,5-6,9H2,1H3/t17?,21-,22-,23+/m0/s1. The number of piperidine rings is 1. The number of Topliss-reactive ketones (excluding diaryl/α,β-unsaturated/α-hetero) is 1. The number of likely N-dealkylation sites (N-methyl/N-ethyl adjacent to an activating group) is 1. The van der Waals surface area contributed by atoms with E-state index in [0.29, 0.717) is 35.3 Å². The van der Waals surface area contributed by atoms with Crippen molar-refractivity contribution in [3.05, 3.63) is 58.8 Å². The van der Waals surface area contributed by atoms with Crippen molar-refractivity contribution < 1.29 is 24.2 Å². The van der Waals surface area contributed by atoms with Gasteiger partial charge in [0, 0.05) is 28.1 Å². The van der Waals surface area contributed by atoms with Crippen LogP contribution in [0.1, 0.15) is 33.5 Å². The van der Waals surface area contributed by atoms with Gasteiger partial charge in [-0.3, -0.25) is 9.69 Å². The quantitative estimate of drug-likeness (QED) is 0.615. The number of rotatable bonds is 0. The lowest BCUT2D eigenvalue weighted by molar-refractivity contribution is -0.164. The first-order chi connectivity index (χ1) is 14.0. The third-order valence-corrected chi connectivity index (χ3v) is 7.83. The SMILES string of the molecule is CN1CC[C@]23c4c5ccc(O)c4O[C@H]2C(=O)c2cc4ccoc4cc2[C@@]3(O)C1C5. The van der Waals surface area contributed by atoms with Crippen molar-refractivity contribution in [2.24, 2.45) is 0 Å². The van der Waals surface area contributed by atoms with E-state index in [2.05, 4.69) is 4.90 Å². The first kappa shape index (κ1) is 16.0. The number of phenols is 1. The summed E-state index contributed by atoms with van der Waals surface area (Å²) in [4.78, 5) is 15.9. The van der Waals surface area contributed by atoms with Crippen LogP contribution in [0.5, 0.6) is 11.5 Å². The molecule has 7 rings (SSSR count). The first-order valence-corrected chi connectivity index (χ1v) is 9.97. The molecule has 1 unspecified atom stereocenters. The van der Waals surface area contributed by atoms with Gasteiger partial charge in [0.1, 0.15) is 11.2 Å². The molecular weight excluding hydrogens is 370 g/mol. The van der Waals surface area contributed by atoms with E-state index in [-0.39, 0.29) is 17.6 Å². The number of furan rings is 1. The van der Waals surface area contributed by atoms with Crippen molar-refractivity contribution in [1.29, 1.82) is 0 Å². The molecule has 1 aromatic heterocycles. The molecule has 2 N–H and O–H groups in total. The Labute approximate surface area is 166 Å². The fourth-order valence-corrected chi connectivity index (χ4v) is 6.58. The number of nitrogens with zero attached hydrogens (tertiary/aromatic N) is 1. The topological polar surface area (TPSA) is 83.1 Å². The second-order valence-corrected chi connectivity index (χ2v) is 8.85. The van der Waals surface area contributed by atoms with E-state index in [9.17, 15) is 15.0 Å². The minimum absolute atomic E-state index is 0.0258. The van der Waals surface area contributed by atoms with Gasteiger partial charge in [-0.25, -0.2) is 0 Å². The molecule has 1 saturated heterocycles. The zero-order chi connectivity index (χ0) is 19.7. The van der Waals surface area contributed by atoms with Crippen LogP contribution in [0, 0.1) is 0 Å². The van der Waals surface area contributed by atoms with E-state index in [4.69, 9.17) is 9.15 Å². The Morgan fingerprint density at radius 1 is 1.24 bits per heavy atom. The van der Waals surface area contributed by atoms with E-state index in [1.165, 1.54) is 0 Å². The second kappa shape index (κ2) is 4.66. The van der Waals surface area contributed by atoms with Crippen molar-refractivity contribution in [2.45, 2.75) is 36.0 Å². The molecule has 2 aliphatic carbocycles. The van der Waals surface area contributed by atoms with E-state index < -0.39 is 17.1 Å². The second-order valence-electron chi connectivity index (χ2n) is 8.85. The molecule has 1 fully saturated rings. The van der Waals surface area contributed by atoms with Crippen LogP contribution in [-0.2, 0) is 17.4 Å². The van der Waals surface area contributed by atoms with Crippen molar-refractivity contribution in [1.82, 2.24) is 4.90 Å². The average molecular weight is 389 g/mol. The lowest BCUT2D eigenvalue weighted by Crippen LogP contribution is -2.74. The molecule has 2 aliphatic heterocycles. The third-order valence-electron chi connectivity index (χ3n) is 7.83. The number of hydrogen-bond donors (Lipinski definition) is 2. The van der Waals surface area contributed by atoms with Crippen LogP contribution in [0.3, 0.4) is 0 Å². The monoisotopic (exact) mass is 389 g/mol. The van der Waals surface area contributed by atoms with Crippen molar-refractivity contribution >= 4 is 16.8 Å². The van der Waals surface area contributed by atoms with E-state index in [1.54, 1.807) is 18.4 Å². The van der Waals surface area contributed by atoms with Crippen LogP contribution < -0.4 is 4.74 Å². The summed E-state index contributed by atoms with van der Waals surface area (Å²) >= 11 is 0. The Morgan fingerprint density at radius 3 is 2.97 bits per heavy atom. The van der Waals surface area contributed by atoms with Gasteiger partial charge in [0.05, 0.1) is 11.7 Å². The largest absolute Gasteiger partial charge is 0.504 e. The van der Waals surface area contributed by atoms with Gasteiger partial charge in [-0.15, -0.1) is 0 Å². The molecule has 3 aromatic rings. The Balaban J connectivity index is 1.66. The molecule has 4 aliphatic rings. The summed E-state index contributed by atoms with van der Waals surface area (Å²) < 4.78 is 11.8. The molecule has 0 radical (unpaired) electrons. The molecule has 0 amide bonds. The molecule has 1 spiro atoms. The zero-order valence-electron chi connectivity index (χ0n) is 15.8. The average Bonchev–Trinajstić information content (AvgIpc) is 3.31. The fraction of sp³-hybridized carbons (Fsp3) is 0.348. The van der Waals surface area contributed by atoms with Gasteiger partial charge >= 0.3 is 0 Å². The summed E-state index contributed by atoms with van der Waals surface area (Å²) in [6.45, 7) is 0.743. The molecule has 4 atom stereocenters. The lowest BCUT2D eigenvalue weighted by Gasteiger charge is -2.62. The maximum absolute atomic E-state index is 13.7. The normalized spacial score (nSPS) is 34.1. The van der Waals surface area contributed by atoms with E-state index >= 15 is 0 Å². The zero-order valence-corrected chi connectivity index (χ0v) is 15.8. The minimum Gasteiger partial charge on any atom is -0.504 e. The number of phenolic OH excluding ortho intramolecular Hbond substituents is 1. The highest BCUT2D eigenvalue weighted by atomic mass is 16.5. The Hall–Kier alpha value is -2.83. The molecule has 2 bridgehead atoms. The van der Waals surface area contributed by atoms with Crippen molar-refractivity contribution in [3.63, 3.8) is 0 Å². The first-order valence-electron chi connectivity index (χ1n) is 9.97. The highest BCUT2D eigenvalue weighted by molar-refractivity contribution is 6.08. The van der Waals surface area contributed by atoms with Gasteiger partial charge in [-0.05, 0) is 56.3 Å². The van der Waals surface area contributed by atoms with Gasteiger partial charge in [-0.2, -0.15) is 0 Å². The number of aliphatic hydroxyl groups is 1. The van der Waals surface area contributed by atoms with Crippen LogP contribution in [0.2, 0.25) is 0 Å². The predicted octanol–water partition coefficient (Wildman–Crippen LogP) is 2.48. The maximum atomic E-state index is 13.7. The van der Waals surface area contributed by atoms with Crippen LogP contribution >= 0.6 is 0 Å². The Bertz CT molecular complexity index is 1260. The summed E-state index contributed by atoms with van der Waals surface area (Å²) in [5, 5.41) is 23.9. The van der Waals surface area contributed by atoms with Crippen LogP contribution in [0.4, 0.5) is 0 Å². The van der Waals surface area contributed by atoms with Gasteiger partial charge in [0.15, 0.2) is 17.6 Å². The number of benzene rings is 2. The number of ketones is 1. The summed E-state index contributed by atoms with van der Waals surface area (Å²) in [6, 6.07) is 8.79. The predicted molar refractivity (Wildman–Crippen MR) is 103 cm³/mol. The number of fused-ring (bicyclic) bond motifs is 2. The summed E-state index contributed by atoms with van der Waals surface area (Å²) in [7, 11) is 2.02. The van der Waals surface area contributed by atoms with E-state index in [1.807, 2.05) is 25.2 Å². The number of ether oxygens (including phenoxy) is 1. The summed E-state index contributed by atoms with van der Waals surface area (Å²) in [5.41, 5.74) is 1.38. The molecule has 6 nitrogen and oxygen atoms in total. The Kier molecular flexibility index (Phi) is 2.57. The maximum Gasteiger partial charge on any atom is 0.204 e. The minimum atomic E-state index is -1.32. The molecule has 2 aromatic carbocycles. The molecule has 0 saturated carbocycles. The lowest BCUT2D eigenvalue weighted by atomic mass is 9.47. The number of carbonyl (C=O) groups is 1. The highest BCUT2D eigenvalue weighted by Gasteiger charge is 2.74. The molecule has 146 valence electrons. The van der Waals surface area contributed by atoms with Gasteiger partial charge in [0.25, 0.3) is 0 Å². The van der Waals surface area contributed by atoms with Crippen molar-refractivity contribution in [2.75, 3.05) is 13.6 Å². The third kappa shape index (κ3) is 1.49. The van der Waals surface area contributed by atoms with Crippen LogP contribution in [0.25, 0.3) is 11.0 Å². The van der Waals surface area contributed by atoms with Crippen molar-refractivity contribution in [3.8, 4) is 11.5 Å². The Morgan fingerprint density at radius 2 is 2.10 bits per heavy atom. The van der Waals surface area contributed by atoms with E-state index in [0.717, 1.165) is 23.1 Å².